The average Bonchev–Trinajstić information content (AvgIpc) is 2.81. The van der Waals surface area contributed by atoms with Gasteiger partial charge in [-0.3, -0.25) is 0 Å². The van der Waals surface area contributed by atoms with Crippen molar-refractivity contribution < 1.29 is 14.3 Å². The smallest absolute Gasteiger partial charge is 0.134 e. The van der Waals surface area contributed by atoms with E-state index in [-0.39, 0.29) is 12.6 Å². The fourth-order valence-corrected chi connectivity index (χ4v) is 2.74. The summed E-state index contributed by atoms with van der Waals surface area (Å²) in [6, 6.07) is 6.36. The lowest BCUT2D eigenvalue weighted by Gasteiger charge is -2.18. The summed E-state index contributed by atoms with van der Waals surface area (Å²) in [5.41, 5.74) is 2.04. The molecule has 2 unspecified atom stereocenters. The molecule has 21 heavy (non-hydrogen) atoms. The highest BCUT2D eigenvalue weighted by molar-refractivity contribution is 5.83. The molecule has 0 fully saturated rings. The average molecular weight is 291 g/mol. The molecule has 2 rings (SSSR count). The fourth-order valence-electron chi connectivity index (χ4n) is 2.74. The van der Waals surface area contributed by atoms with Crippen LogP contribution in [0.5, 0.6) is 5.75 Å². The van der Waals surface area contributed by atoms with Crippen LogP contribution in [-0.4, -0.2) is 24.9 Å². The summed E-state index contributed by atoms with van der Waals surface area (Å²) < 4.78 is 11.3. The summed E-state index contributed by atoms with van der Waals surface area (Å²) in [7, 11) is 1.67. The van der Waals surface area contributed by atoms with Crippen molar-refractivity contribution in [1.82, 2.24) is 5.32 Å². The summed E-state index contributed by atoms with van der Waals surface area (Å²) in [6.07, 6.45) is 1.77. The van der Waals surface area contributed by atoms with Gasteiger partial charge in [0.25, 0.3) is 0 Å². The van der Waals surface area contributed by atoms with Gasteiger partial charge in [-0.05, 0) is 51.8 Å². The van der Waals surface area contributed by atoms with E-state index in [1.54, 1.807) is 7.11 Å². The van der Waals surface area contributed by atoms with E-state index in [1.807, 2.05) is 18.2 Å². The van der Waals surface area contributed by atoms with Gasteiger partial charge in [-0.1, -0.05) is 0 Å². The van der Waals surface area contributed by atoms with Gasteiger partial charge in [-0.15, -0.1) is 0 Å². The molecule has 0 radical (unpaired) electrons. The topological polar surface area (TPSA) is 54.6 Å². The molecule has 4 heteroatoms. The lowest BCUT2D eigenvalue weighted by Crippen LogP contribution is -2.29. The van der Waals surface area contributed by atoms with Gasteiger partial charge in [0.05, 0.1) is 13.2 Å². The highest BCUT2D eigenvalue weighted by atomic mass is 16.5. The van der Waals surface area contributed by atoms with Crippen molar-refractivity contribution in [3.63, 3.8) is 0 Å². The van der Waals surface area contributed by atoms with Crippen molar-refractivity contribution in [2.45, 2.75) is 45.7 Å². The molecule has 2 atom stereocenters. The molecule has 2 aromatic rings. The minimum Gasteiger partial charge on any atom is -0.497 e. The Hall–Kier alpha value is -1.52. The van der Waals surface area contributed by atoms with Crippen molar-refractivity contribution >= 4 is 11.0 Å². The Morgan fingerprint density at radius 3 is 2.76 bits per heavy atom. The van der Waals surface area contributed by atoms with E-state index >= 15 is 0 Å². The molecule has 0 bridgehead atoms. The second-order valence-electron chi connectivity index (χ2n) is 5.61. The summed E-state index contributed by atoms with van der Waals surface area (Å²) in [5, 5.41) is 13.5. The molecule has 1 heterocycles. The molecule has 0 saturated heterocycles. The predicted molar refractivity (Wildman–Crippen MR) is 84.8 cm³/mol. The maximum Gasteiger partial charge on any atom is 0.134 e. The predicted octanol–water partition coefficient (Wildman–Crippen LogP) is 3.56. The Morgan fingerprint density at radius 1 is 1.33 bits per heavy atom. The largest absolute Gasteiger partial charge is 0.497 e. The number of methoxy groups -OCH3 is 1. The lowest BCUT2D eigenvalue weighted by atomic mass is 10.1. The Kier molecular flexibility index (Phi) is 5.26. The third kappa shape index (κ3) is 3.57. The Bertz CT molecular complexity index is 591. The first-order chi connectivity index (χ1) is 10.1. The number of furan rings is 1. The number of fused-ring (bicyclic) bond motifs is 1. The number of aliphatic hydroxyl groups excluding tert-OH is 1. The molecule has 0 saturated carbocycles. The Labute approximate surface area is 126 Å². The van der Waals surface area contributed by atoms with Crippen molar-refractivity contribution in [2.75, 3.05) is 13.7 Å². The maximum atomic E-state index is 8.90. The summed E-state index contributed by atoms with van der Waals surface area (Å²) in [6.45, 7) is 6.56. The van der Waals surface area contributed by atoms with E-state index in [1.165, 1.54) is 0 Å². The number of nitrogens with one attached hydrogen (secondary N) is 1. The van der Waals surface area contributed by atoms with Crippen LogP contribution in [0.1, 0.15) is 44.1 Å². The molecule has 116 valence electrons. The van der Waals surface area contributed by atoms with Gasteiger partial charge in [0.2, 0.25) is 0 Å². The van der Waals surface area contributed by atoms with Crippen LogP contribution >= 0.6 is 0 Å². The highest BCUT2D eigenvalue weighted by Crippen LogP contribution is 2.32. The van der Waals surface area contributed by atoms with Crippen LogP contribution < -0.4 is 10.1 Å². The quantitative estimate of drug-likeness (QED) is 0.819. The van der Waals surface area contributed by atoms with Crippen LogP contribution in [0.15, 0.2) is 22.6 Å². The summed E-state index contributed by atoms with van der Waals surface area (Å²) in [4.78, 5) is 0. The van der Waals surface area contributed by atoms with Crippen LogP contribution in [0.4, 0.5) is 0 Å². The second-order valence-corrected chi connectivity index (χ2v) is 5.61. The third-order valence-electron chi connectivity index (χ3n) is 3.90. The van der Waals surface area contributed by atoms with Gasteiger partial charge in [0.1, 0.15) is 17.1 Å². The minimum absolute atomic E-state index is 0.136. The number of hydrogen-bond acceptors (Lipinski definition) is 4. The molecule has 0 spiro atoms. The molecule has 1 aromatic heterocycles. The van der Waals surface area contributed by atoms with E-state index in [4.69, 9.17) is 14.3 Å². The van der Waals surface area contributed by atoms with Crippen molar-refractivity contribution in [3.05, 3.63) is 29.5 Å². The van der Waals surface area contributed by atoms with Gasteiger partial charge in [-0.25, -0.2) is 0 Å². The first-order valence-corrected chi connectivity index (χ1v) is 7.50. The van der Waals surface area contributed by atoms with Crippen LogP contribution in [-0.2, 0) is 0 Å². The first-order valence-electron chi connectivity index (χ1n) is 7.50. The van der Waals surface area contributed by atoms with Crippen molar-refractivity contribution in [2.24, 2.45) is 0 Å². The van der Waals surface area contributed by atoms with Gasteiger partial charge >= 0.3 is 0 Å². The zero-order chi connectivity index (χ0) is 15.4. The van der Waals surface area contributed by atoms with E-state index in [9.17, 15) is 0 Å². The molecular formula is C17H25NO3. The number of hydrogen-bond donors (Lipinski definition) is 2. The summed E-state index contributed by atoms with van der Waals surface area (Å²) in [5.74, 6) is 1.81. The van der Waals surface area contributed by atoms with Crippen LogP contribution in [0, 0.1) is 6.92 Å². The van der Waals surface area contributed by atoms with E-state index in [2.05, 4.69) is 26.1 Å². The third-order valence-corrected chi connectivity index (χ3v) is 3.90. The van der Waals surface area contributed by atoms with Gasteiger partial charge < -0.3 is 19.6 Å². The molecule has 4 nitrogen and oxygen atoms in total. The Balaban J connectivity index is 2.19. The van der Waals surface area contributed by atoms with Crippen LogP contribution in [0.2, 0.25) is 0 Å². The van der Waals surface area contributed by atoms with Gasteiger partial charge in [-0.2, -0.15) is 0 Å². The number of aryl methyl sites for hydroxylation is 1. The zero-order valence-corrected chi connectivity index (χ0v) is 13.3. The van der Waals surface area contributed by atoms with E-state index < -0.39 is 0 Å². The molecule has 0 amide bonds. The normalized spacial score (nSPS) is 14.3. The number of aliphatic hydroxyl groups is 1. The van der Waals surface area contributed by atoms with Gasteiger partial charge in [0, 0.05) is 23.6 Å². The zero-order valence-electron chi connectivity index (χ0n) is 13.3. The molecule has 0 aliphatic rings. The molecule has 0 aliphatic heterocycles. The molecule has 2 N–H and O–H groups in total. The van der Waals surface area contributed by atoms with Crippen LogP contribution in [0.3, 0.4) is 0 Å². The second kappa shape index (κ2) is 6.96. The lowest BCUT2D eigenvalue weighted by molar-refractivity contribution is 0.272. The monoisotopic (exact) mass is 291 g/mol. The molecule has 1 aromatic carbocycles. The van der Waals surface area contributed by atoms with Crippen molar-refractivity contribution in [1.29, 1.82) is 0 Å². The Morgan fingerprint density at radius 2 is 2.10 bits per heavy atom. The van der Waals surface area contributed by atoms with Crippen LogP contribution in [0.25, 0.3) is 11.0 Å². The van der Waals surface area contributed by atoms with Gasteiger partial charge in [0.15, 0.2) is 0 Å². The maximum absolute atomic E-state index is 8.90. The molecular weight excluding hydrogens is 266 g/mol. The number of ether oxygens (including phenoxy) is 1. The number of rotatable bonds is 7. The minimum atomic E-state index is 0.136. The first kappa shape index (κ1) is 15.9. The fraction of sp³-hybridized carbons (Fsp3) is 0.529. The standard InChI is InChI=1S/C17H25NO3/c1-11(6-5-9-19)18-13(3)17-12(2)15-10-14(20-4)7-8-16(15)21-17/h7-8,10-11,13,18-19H,5-6,9H2,1-4H3. The highest BCUT2D eigenvalue weighted by Gasteiger charge is 2.18. The van der Waals surface area contributed by atoms with E-state index in [0.717, 1.165) is 40.9 Å². The SMILES string of the molecule is COc1ccc2oc(C(C)NC(C)CCCO)c(C)c2c1. The van der Waals surface area contributed by atoms with Crippen molar-refractivity contribution in [3.8, 4) is 5.75 Å². The van der Waals surface area contributed by atoms with E-state index in [0.29, 0.717) is 6.04 Å². The summed E-state index contributed by atoms with van der Waals surface area (Å²) >= 11 is 0. The number of benzene rings is 1. The molecule has 0 aliphatic carbocycles.